The molecule has 1 aliphatic carbocycles. The van der Waals surface area contributed by atoms with Crippen LogP contribution in [0.15, 0.2) is 0 Å². The Bertz CT molecular complexity index is 409. The minimum atomic E-state index is -0.779. The second-order valence-corrected chi connectivity index (χ2v) is 7.28. The Morgan fingerprint density at radius 1 is 1.10 bits per heavy atom. The van der Waals surface area contributed by atoms with Crippen LogP contribution in [0.25, 0.3) is 0 Å². The maximum Gasteiger partial charge on any atom is 0.163 e. The number of aliphatic hydroxyl groups excluding tert-OH is 1. The number of rotatable bonds is 2. The first-order valence-corrected chi connectivity index (χ1v) is 7.55. The lowest BCUT2D eigenvalue weighted by atomic mass is 9.73. The van der Waals surface area contributed by atoms with Gasteiger partial charge in [0.15, 0.2) is 11.6 Å². The molecule has 2 saturated heterocycles. The van der Waals surface area contributed by atoms with Crippen molar-refractivity contribution < 1.29 is 28.8 Å². The fourth-order valence-electron chi connectivity index (χ4n) is 3.86. The maximum absolute atomic E-state index is 10.8. The van der Waals surface area contributed by atoms with Crippen LogP contribution in [0, 0.1) is 5.92 Å². The van der Waals surface area contributed by atoms with Crippen LogP contribution in [0.2, 0.25) is 0 Å². The van der Waals surface area contributed by atoms with E-state index < -0.39 is 29.4 Å². The van der Waals surface area contributed by atoms with Gasteiger partial charge in [-0.2, -0.15) is 0 Å². The van der Waals surface area contributed by atoms with Gasteiger partial charge in [-0.25, -0.2) is 0 Å². The first-order chi connectivity index (χ1) is 9.68. The summed E-state index contributed by atoms with van der Waals surface area (Å²) in [6.45, 7) is 8.35. The van der Waals surface area contributed by atoms with E-state index in [0.29, 0.717) is 19.6 Å². The third-order valence-corrected chi connectivity index (χ3v) is 4.58. The number of methoxy groups -OCH3 is 1. The number of aliphatic hydroxyl groups is 1. The Balaban J connectivity index is 1.89. The molecule has 21 heavy (non-hydrogen) atoms. The standard InChI is InChI=1S/C15H26O6/c1-13(2)18-8-15(21-13)6-9(7-17-5)10-11(12(15)16)20-14(3,4)19-10/h9-12,16H,6-8H2,1-5H3/t9-,10+,11+,12-,15-/m0/s1. The van der Waals surface area contributed by atoms with Crippen LogP contribution >= 0.6 is 0 Å². The number of fused-ring (bicyclic) bond motifs is 1. The van der Waals surface area contributed by atoms with Crippen LogP contribution in [0.5, 0.6) is 0 Å². The van der Waals surface area contributed by atoms with Gasteiger partial charge in [-0.05, 0) is 34.1 Å². The van der Waals surface area contributed by atoms with Crippen molar-refractivity contribution in [2.75, 3.05) is 20.3 Å². The van der Waals surface area contributed by atoms with Gasteiger partial charge in [0, 0.05) is 13.0 Å². The van der Waals surface area contributed by atoms with E-state index in [4.69, 9.17) is 23.7 Å². The lowest BCUT2D eigenvalue weighted by Gasteiger charge is -2.45. The van der Waals surface area contributed by atoms with Gasteiger partial charge in [0.25, 0.3) is 0 Å². The minimum Gasteiger partial charge on any atom is -0.387 e. The molecule has 3 aliphatic rings. The van der Waals surface area contributed by atoms with Crippen LogP contribution in [-0.2, 0) is 23.7 Å². The summed E-state index contributed by atoms with van der Waals surface area (Å²) in [6, 6.07) is 0. The lowest BCUT2D eigenvalue weighted by Crippen LogP contribution is -2.62. The van der Waals surface area contributed by atoms with E-state index in [1.54, 1.807) is 7.11 Å². The van der Waals surface area contributed by atoms with Gasteiger partial charge >= 0.3 is 0 Å². The highest BCUT2D eigenvalue weighted by molar-refractivity contribution is 5.09. The largest absolute Gasteiger partial charge is 0.387 e. The lowest BCUT2D eigenvalue weighted by molar-refractivity contribution is -0.226. The molecular weight excluding hydrogens is 276 g/mol. The van der Waals surface area contributed by atoms with E-state index in [1.807, 2.05) is 27.7 Å². The Kier molecular flexibility index (Phi) is 3.63. The normalized spacial score (nSPS) is 47.7. The predicted octanol–water partition coefficient (Wildman–Crippen LogP) is 1.06. The zero-order valence-electron chi connectivity index (χ0n) is 13.4. The topological polar surface area (TPSA) is 66.4 Å². The summed E-state index contributed by atoms with van der Waals surface area (Å²) in [6.07, 6.45) is -0.759. The van der Waals surface area contributed by atoms with Crippen LogP contribution in [0.4, 0.5) is 0 Å². The van der Waals surface area contributed by atoms with Gasteiger partial charge in [0.05, 0.1) is 19.3 Å². The molecule has 3 fully saturated rings. The van der Waals surface area contributed by atoms with E-state index in [0.717, 1.165) is 0 Å². The van der Waals surface area contributed by atoms with E-state index >= 15 is 0 Å². The molecule has 0 bridgehead atoms. The van der Waals surface area contributed by atoms with Crippen molar-refractivity contribution in [1.82, 2.24) is 0 Å². The average molecular weight is 302 g/mol. The van der Waals surface area contributed by atoms with Crippen LogP contribution in [0.3, 0.4) is 0 Å². The highest BCUT2D eigenvalue weighted by atomic mass is 16.8. The molecule has 122 valence electrons. The molecular formula is C15H26O6. The summed E-state index contributed by atoms with van der Waals surface area (Å²) in [7, 11) is 1.67. The first-order valence-electron chi connectivity index (χ1n) is 7.55. The fraction of sp³-hybridized carbons (Fsp3) is 1.00. The maximum atomic E-state index is 10.8. The third kappa shape index (κ3) is 2.62. The van der Waals surface area contributed by atoms with Crippen molar-refractivity contribution in [3.8, 4) is 0 Å². The first kappa shape index (κ1) is 15.6. The molecule has 0 aromatic heterocycles. The Morgan fingerprint density at radius 2 is 1.76 bits per heavy atom. The Labute approximate surface area is 125 Å². The summed E-state index contributed by atoms with van der Waals surface area (Å²) in [5, 5.41) is 10.8. The van der Waals surface area contributed by atoms with Crippen molar-refractivity contribution >= 4 is 0 Å². The van der Waals surface area contributed by atoms with Gasteiger partial charge in [-0.1, -0.05) is 0 Å². The molecule has 5 atom stereocenters. The van der Waals surface area contributed by atoms with E-state index in [1.165, 1.54) is 0 Å². The van der Waals surface area contributed by atoms with Gasteiger partial charge in [-0.15, -0.1) is 0 Å². The molecule has 1 saturated carbocycles. The Hall–Kier alpha value is -0.240. The Morgan fingerprint density at radius 3 is 2.33 bits per heavy atom. The third-order valence-electron chi connectivity index (χ3n) is 4.58. The van der Waals surface area contributed by atoms with Gasteiger partial charge in [-0.3, -0.25) is 0 Å². The highest BCUT2D eigenvalue weighted by Crippen LogP contribution is 2.49. The predicted molar refractivity (Wildman–Crippen MR) is 73.7 cm³/mol. The molecule has 6 nitrogen and oxygen atoms in total. The monoisotopic (exact) mass is 302 g/mol. The smallest absolute Gasteiger partial charge is 0.163 e. The second kappa shape index (κ2) is 4.88. The van der Waals surface area contributed by atoms with Crippen molar-refractivity contribution in [2.45, 2.75) is 69.6 Å². The summed E-state index contributed by atoms with van der Waals surface area (Å²) in [5.41, 5.74) is -0.752. The molecule has 1 N–H and O–H groups in total. The summed E-state index contributed by atoms with van der Waals surface area (Å²) in [4.78, 5) is 0. The van der Waals surface area contributed by atoms with Gasteiger partial charge in [0.2, 0.25) is 0 Å². The van der Waals surface area contributed by atoms with Crippen LogP contribution in [0.1, 0.15) is 34.1 Å². The van der Waals surface area contributed by atoms with Crippen LogP contribution in [-0.4, -0.2) is 60.9 Å². The van der Waals surface area contributed by atoms with Crippen molar-refractivity contribution in [2.24, 2.45) is 5.92 Å². The van der Waals surface area contributed by atoms with E-state index in [-0.39, 0.29) is 12.0 Å². The summed E-state index contributed by atoms with van der Waals surface area (Å²) in [5.74, 6) is -1.30. The zero-order chi connectivity index (χ0) is 15.5. The summed E-state index contributed by atoms with van der Waals surface area (Å²) >= 11 is 0. The van der Waals surface area contributed by atoms with E-state index in [2.05, 4.69) is 0 Å². The van der Waals surface area contributed by atoms with Crippen molar-refractivity contribution in [1.29, 1.82) is 0 Å². The second-order valence-electron chi connectivity index (χ2n) is 7.28. The molecule has 0 amide bonds. The molecule has 2 heterocycles. The van der Waals surface area contributed by atoms with Crippen molar-refractivity contribution in [3.63, 3.8) is 0 Å². The molecule has 0 aromatic carbocycles. The fourth-order valence-corrected chi connectivity index (χ4v) is 3.86. The van der Waals surface area contributed by atoms with E-state index in [9.17, 15) is 5.11 Å². The number of hydrogen-bond donors (Lipinski definition) is 1. The molecule has 0 unspecified atom stereocenters. The number of ether oxygens (including phenoxy) is 5. The average Bonchev–Trinajstić information content (AvgIpc) is 2.85. The molecule has 6 heteroatoms. The summed E-state index contributed by atoms with van der Waals surface area (Å²) < 4.78 is 29.0. The zero-order valence-corrected chi connectivity index (χ0v) is 13.4. The molecule has 1 spiro atoms. The highest BCUT2D eigenvalue weighted by Gasteiger charge is 2.63. The van der Waals surface area contributed by atoms with Gasteiger partial charge in [0.1, 0.15) is 17.8 Å². The molecule has 3 rings (SSSR count). The van der Waals surface area contributed by atoms with Crippen LogP contribution < -0.4 is 0 Å². The SMILES string of the molecule is COC[C@@H]1C[C@]2(COC(C)(C)O2)[C@@H](O)[C@@H]2OC(C)(C)O[C@H]12. The minimum absolute atomic E-state index is 0.0997. The number of hydrogen-bond acceptors (Lipinski definition) is 6. The van der Waals surface area contributed by atoms with Crippen molar-refractivity contribution in [3.05, 3.63) is 0 Å². The van der Waals surface area contributed by atoms with Gasteiger partial charge < -0.3 is 28.8 Å². The quantitative estimate of drug-likeness (QED) is 0.822. The molecule has 0 aromatic rings. The molecule has 2 aliphatic heterocycles. The molecule has 0 radical (unpaired) electrons.